The normalized spacial score (nSPS) is 11.7. The van der Waals surface area contributed by atoms with E-state index in [2.05, 4.69) is 42.2 Å². The molecule has 90 valence electrons. The highest BCUT2D eigenvalue weighted by Gasteiger charge is 2.22. The molecule has 0 saturated carbocycles. The second-order valence-corrected chi connectivity index (χ2v) is 4.96. The van der Waals surface area contributed by atoms with Crippen LogP contribution in [-0.4, -0.2) is 16.7 Å². The van der Waals surface area contributed by atoms with E-state index in [1.165, 1.54) is 0 Å². The van der Waals surface area contributed by atoms with E-state index in [0.29, 0.717) is 6.54 Å². The number of benzene rings is 1. The van der Waals surface area contributed by atoms with Crippen molar-refractivity contribution < 1.29 is 0 Å². The number of aromatic nitrogens is 2. The number of rotatable bonds is 4. The van der Waals surface area contributed by atoms with Crippen LogP contribution in [0.5, 0.6) is 0 Å². The van der Waals surface area contributed by atoms with Gasteiger partial charge in [-0.05, 0) is 19.0 Å². The molecule has 0 unspecified atom stereocenters. The standard InChI is InChI=1S/C14H19N3/c1-14(2,8-9-15)13-10-12(16-17-13)11-6-4-3-5-7-11/h3-7,10H,8-9,15H2,1-2H3,(H,16,17). The fourth-order valence-corrected chi connectivity index (χ4v) is 1.92. The molecule has 1 aromatic heterocycles. The topological polar surface area (TPSA) is 54.7 Å². The van der Waals surface area contributed by atoms with Crippen molar-refractivity contribution in [3.63, 3.8) is 0 Å². The molecular formula is C14H19N3. The van der Waals surface area contributed by atoms with E-state index in [1.54, 1.807) is 0 Å². The van der Waals surface area contributed by atoms with Crippen LogP contribution in [0, 0.1) is 0 Å². The molecule has 17 heavy (non-hydrogen) atoms. The fraction of sp³-hybridized carbons (Fsp3) is 0.357. The molecule has 0 spiro atoms. The van der Waals surface area contributed by atoms with Crippen LogP contribution in [0.2, 0.25) is 0 Å². The number of hydrogen-bond donors (Lipinski definition) is 2. The van der Waals surface area contributed by atoms with Crippen LogP contribution in [0.25, 0.3) is 11.3 Å². The SMILES string of the molecule is CC(C)(CCN)c1cc(-c2ccccc2)n[nH]1. The highest BCUT2D eigenvalue weighted by molar-refractivity contribution is 5.59. The third-order valence-corrected chi connectivity index (χ3v) is 3.15. The minimum atomic E-state index is 0.0504. The second kappa shape index (κ2) is 4.72. The molecule has 0 saturated heterocycles. The molecule has 0 fully saturated rings. The first-order valence-corrected chi connectivity index (χ1v) is 5.95. The summed E-state index contributed by atoms with van der Waals surface area (Å²) in [7, 11) is 0. The lowest BCUT2D eigenvalue weighted by Crippen LogP contribution is -2.22. The number of H-pyrrole nitrogens is 1. The van der Waals surface area contributed by atoms with Gasteiger partial charge in [0.15, 0.2) is 0 Å². The molecule has 3 heteroatoms. The summed E-state index contributed by atoms with van der Waals surface area (Å²) in [5, 5.41) is 7.49. The maximum atomic E-state index is 5.64. The van der Waals surface area contributed by atoms with Gasteiger partial charge in [-0.15, -0.1) is 0 Å². The van der Waals surface area contributed by atoms with Crippen LogP contribution in [0.3, 0.4) is 0 Å². The molecule has 3 N–H and O–H groups in total. The summed E-state index contributed by atoms with van der Waals surface area (Å²) < 4.78 is 0. The molecule has 0 atom stereocenters. The van der Waals surface area contributed by atoms with Crippen molar-refractivity contribution in [2.75, 3.05) is 6.54 Å². The molecule has 0 bridgehead atoms. The zero-order valence-corrected chi connectivity index (χ0v) is 10.4. The van der Waals surface area contributed by atoms with E-state index < -0.39 is 0 Å². The van der Waals surface area contributed by atoms with Gasteiger partial charge in [0.1, 0.15) is 0 Å². The Morgan fingerprint density at radius 3 is 2.59 bits per heavy atom. The zero-order chi connectivity index (χ0) is 12.3. The van der Waals surface area contributed by atoms with Crippen molar-refractivity contribution in [2.45, 2.75) is 25.7 Å². The summed E-state index contributed by atoms with van der Waals surface area (Å²) in [6.07, 6.45) is 0.948. The van der Waals surface area contributed by atoms with Crippen molar-refractivity contribution in [3.8, 4) is 11.3 Å². The number of hydrogen-bond acceptors (Lipinski definition) is 2. The van der Waals surface area contributed by atoms with Gasteiger partial charge in [0.2, 0.25) is 0 Å². The molecule has 0 aliphatic rings. The van der Waals surface area contributed by atoms with Crippen LogP contribution in [0.1, 0.15) is 26.0 Å². The van der Waals surface area contributed by atoms with Crippen molar-refractivity contribution in [3.05, 3.63) is 42.1 Å². The zero-order valence-electron chi connectivity index (χ0n) is 10.4. The molecule has 2 aromatic rings. The Balaban J connectivity index is 2.28. The lowest BCUT2D eigenvalue weighted by atomic mass is 9.85. The monoisotopic (exact) mass is 229 g/mol. The summed E-state index contributed by atoms with van der Waals surface area (Å²) in [6.45, 7) is 5.05. The second-order valence-electron chi connectivity index (χ2n) is 4.96. The molecular weight excluding hydrogens is 210 g/mol. The average Bonchev–Trinajstić information content (AvgIpc) is 2.80. The van der Waals surface area contributed by atoms with E-state index in [9.17, 15) is 0 Å². The summed E-state index contributed by atoms with van der Waals surface area (Å²) >= 11 is 0. The Morgan fingerprint density at radius 1 is 1.24 bits per heavy atom. The Hall–Kier alpha value is -1.61. The number of aromatic amines is 1. The highest BCUT2D eigenvalue weighted by atomic mass is 15.1. The van der Waals surface area contributed by atoms with Gasteiger partial charge < -0.3 is 5.73 Å². The first-order chi connectivity index (χ1) is 8.13. The average molecular weight is 229 g/mol. The largest absolute Gasteiger partial charge is 0.330 e. The molecule has 1 heterocycles. The molecule has 0 radical (unpaired) electrons. The smallest absolute Gasteiger partial charge is 0.0923 e. The van der Waals surface area contributed by atoms with E-state index in [1.807, 2.05) is 18.2 Å². The first-order valence-electron chi connectivity index (χ1n) is 5.95. The molecule has 0 aliphatic heterocycles. The Labute approximate surface area is 102 Å². The lowest BCUT2D eigenvalue weighted by Gasteiger charge is -2.21. The minimum absolute atomic E-state index is 0.0504. The lowest BCUT2D eigenvalue weighted by molar-refractivity contribution is 0.472. The summed E-state index contributed by atoms with van der Waals surface area (Å²) in [5.74, 6) is 0. The Kier molecular flexibility index (Phi) is 3.29. The fourth-order valence-electron chi connectivity index (χ4n) is 1.92. The first kappa shape index (κ1) is 11.9. The maximum Gasteiger partial charge on any atom is 0.0923 e. The molecule has 3 nitrogen and oxygen atoms in total. The van der Waals surface area contributed by atoms with Gasteiger partial charge in [-0.1, -0.05) is 44.2 Å². The quantitative estimate of drug-likeness (QED) is 0.847. The third kappa shape index (κ3) is 2.56. The van der Waals surface area contributed by atoms with Crippen LogP contribution in [0.15, 0.2) is 36.4 Å². The Morgan fingerprint density at radius 2 is 1.94 bits per heavy atom. The van der Waals surface area contributed by atoms with Crippen LogP contribution < -0.4 is 5.73 Å². The van der Waals surface area contributed by atoms with Crippen LogP contribution in [0.4, 0.5) is 0 Å². The van der Waals surface area contributed by atoms with Crippen molar-refractivity contribution >= 4 is 0 Å². The van der Waals surface area contributed by atoms with Gasteiger partial charge in [0.25, 0.3) is 0 Å². The van der Waals surface area contributed by atoms with E-state index in [0.717, 1.165) is 23.4 Å². The van der Waals surface area contributed by atoms with Gasteiger partial charge in [0.05, 0.1) is 5.69 Å². The maximum absolute atomic E-state index is 5.64. The van der Waals surface area contributed by atoms with Gasteiger partial charge >= 0.3 is 0 Å². The highest BCUT2D eigenvalue weighted by Crippen LogP contribution is 2.27. The molecule has 1 aromatic carbocycles. The van der Waals surface area contributed by atoms with Gasteiger partial charge in [-0.25, -0.2) is 0 Å². The predicted molar refractivity (Wildman–Crippen MR) is 70.7 cm³/mol. The van der Waals surface area contributed by atoms with Crippen molar-refractivity contribution in [1.82, 2.24) is 10.2 Å². The van der Waals surface area contributed by atoms with Crippen LogP contribution >= 0.6 is 0 Å². The number of nitrogens with one attached hydrogen (secondary N) is 1. The van der Waals surface area contributed by atoms with E-state index in [-0.39, 0.29) is 5.41 Å². The van der Waals surface area contributed by atoms with Crippen molar-refractivity contribution in [2.24, 2.45) is 5.73 Å². The molecule has 2 rings (SSSR count). The third-order valence-electron chi connectivity index (χ3n) is 3.15. The van der Waals surface area contributed by atoms with E-state index >= 15 is 0 Å². The van der Waals surface area contributed by atoms with Crippen LogP contribution in [-0.2, 0) is 5.41 Å². The Bertz CT molecular complexity index is 471. The van der Waals surface area contributed by atoms with Gasteiger partial charge in [-0.3, -0.25) is 5.10 Å². The van der Waals surface area contributed by atoms with E-state index in [4.69, 9.17) is 5.73 Å². The molecule has 0 aliphatic carbocycles. The summed E-state index contributed by atoms with van der Waals surface area (Å²) in [4.78, 5) is 0. The van der Waals surface area contributed by atoms with Crippen molar-refractivity contribution in [1.29, 1.82) is 0 Å². The number of nitrogens with two attached hydrogens (primary N) is 1. The summed E-state index contributed by atoms with van der Waals surface area (Å²) in [5.41, 5.74) is 8.96. The minimum Gasteiger partial charge on any atom is -0.330 e. The molecule has 0 amide bonds. The number of nitrogens with zero attached hydrogens (tertiary/aromatic N) is 1. The van der Waals surface area contributed by atoms with Gasteiger partial charge in [0, 0.05) is 16.7 Å². The predicted octanol–water partition coefficient (Wildman–Crippen LogP) is 2.70. The summed E-state index contributed by atoms with van der Waals surface area (Å²) in [6, 6.07) is 12.3. The van der Waals surface area contributed by atoms with Gasteiger partial charge in [-0.2, -0.15) is 5.10 Å².